The van der Waals surface area contributed by atoms with Gasteiger partial charge < -0.3 is 15.2 Å². The van der Waals surface area contributed by atoms with E-state index in [0.29, 0.717) is 22.4 Å². The second-order valence-corrected chi connectivity index (χ2v) is 4.59. The molecule has 0 atom stereocenters. The molecule has 23 heavy (non-hydrogen) atoms. The molecular formula is C16H14F3NO3. The van der Waals surface area contributed by atoms with Gasteiger partial charge in [0.05, 0.1) is 12.2 Å². The zero-order chi connectivity index (χ0) is 17.0. The number of carbonyl (C=O) groups is 1. The highest BCUT2D eigenvalue weighted by Gasteiger charge is 2.31. The van der Waals surface area contributed by atoms with Crippen LogP contribution in [0.3, 0.4) is 0 Å². The van der Waals surface area contributed by atoms with E-state index < -0.39 is 12.3 Å². The number of carbonyl (C=O) groups excluding carboxylic acids is 1. The number of halogens is 3. The van der Waals surface area contributed by atoms with Gasteiger partial charge >= 0.3 is 12.3 Å². The highest BCUT2D eigenvalue weighted by Crippen LogP contribution is 2.30. The first kappa shape index (κ1) is 16.7. The number of hydrogen-bond donors (Lipinski definition) is 1. The maximum Gasteiger partial charge on any atom is 0.573 e. The van der Waals surface area contributed by atoms with Gasteiger partial charge in [-0.05, 0) is 42.8 Å². The molecule has 0 fully saturated rings. The van der Waals surface area contributed by atoms with Gasteiger partial charge in [-0.1, -0.05) is 12.1 Å². The molecule has 7 heteroatoms. The lowest BCUT2D eigenvalue weighted by Gasteiger charge is -2.11. The van der Waals surface area contributed by atoms with E-state index in [4.69, 9.17) is 10.5 Å². The Labute approximate surface area is 130 Å². The van der Waals surface area contributed by atoms with Crippen LogP contribution in [-0.2, 0) is 4.74 Å². The molecule has 0 amide bonds. The fourth-order valence-electron chi connectivity index (χ4n) is 1.98. The Morgan fingerprint density at radius 1 is 1.13 bits per heavy atom. The number of benzene rings is 2. The summed E-state index contributed by atoms with van der Waals surface area (Å²) in [5.41, 5.74) is 7.66. The summed E-state index contributed by atoms with van der Waals surface area (Å²) < 4.78 is 45.2. The number of nitrogens with two attached hydrogens (primary N) is 1. The van der Waals surface area contributed by atoms with Crippen molar-refractivity contribution in [3.05, 3.63) is 48.0 Å². The number of rotatable bonds is 4. The lowest BCUT2D eigenvalue weighted by atomic mass is 10.0. The summed E-state index contributed by atoms with van der Waals surface area (Å²) >= 11 is 0. The van der Waals surface area contributed by atoms with Crippen molar-refractivity contribution in [2.75, 3.05) is 12.3 Å². The average molecular weight is 325 g/mol. The second-order valence-electron chi connectivity index (χ2n) is 4.59. The van der Waals surface area contributed by atoms with Crippen LogP contribution in [0.25, 0.3) is 11.1 Å². The van der Waals surface area contributed by atoms with Crippen molar-refractivity contribution in [2.24, 2.45) is 0 Å². The smallest absolute Gasteiger partial charge is 0.462 e. The standard InChI is InChI=1S/C16H14F3NO3/c1-2-22-15(21)11-5-8-14(20)13(9-11)10-3-6-12(7-4-10)23-16(17,18)19/h3-9H,2,20H2,1H3. The van der Waals surface area contributed by atoms with Gasteiger partial charge in [0.25, 0.3) is 0 Å². The fraction of sp³-hybridized carbons (Fsp3) is 0.188. The Morgan fingerprint density at radius 3 is 2.35 bits per heavy atom. The Morgan fingerprint density at radius 2 is 1.78 bits per heavy atom. The maximum atomic E-state index is 12.1. The van der Waals surface area contributed by atoms with Crippen LogP contribution in [0, 0.1) is 0 Å². The minimum absolute atomic E-state index is 0.238. The molecule has 2 N–H and O–H groups in total. The minimum Gasteiger partial charge on any atom is -0.462 e. The van der Waals surface area contributed by atoms with Crippen LogP contribution in [0.5, 0.6) is 5.75 Å². The van der Waals surface area contributed by atoms with E-state index in [0.717, 1.165) is 0 Å². The third-order valence-electron chi connectivity index (χ3n) is 2.96. The molecule has 0 aliphatic rings. The topological polar surface area (TPSA) is 61.5 Å². The first-order valence-corrected chi connectivity index (χ1v) is 6.73. The summed E-state index contributed by atoms with van der Waals surface area (Å²) in [6.45, 7) is 1.93. The van der Waals surface area contributed by atoms with Crippen LogP contribution in [0.4, 0.5) is 18.9 Å². The monoisotopic (exact) mass is 325 g/mol. The van der Waals surface area contributed by atoms with E-state index in [1.54, 1.807) is 13.0 Å². The molecule has 0 aliphatic heterocycles. The van der Waals surface area contributed by atoms with Crippen molar-refractivity contribution in [3.63, 3.8) is 0 Å². The third kappa shape index (κ3) is 4.38. The first-order valence-electron chi connectivity index (χ1n) is 6.73. The molecule has 2 aromatic rings. The molecule has 0 saturated heterocycles. The quantitative estimate of drug-likeness (QED) is 0.681. The van der Waals surface area contributed by atoms with Gasteiger partial charge in [-0.2, -0.15) is 0 Å². The molecular weight excluding hydrogens is 311 g/mol. The SMILES string of the molecule is CCOC(=O)c1ccc(N)c(-c2ccc(OC(F)(F)F)cc2)c1. The van der Waals surface area contributed by atoms with Gasteiger partial charge in [0.2, 0.25) is 0 Å². The van der Waals surface area contributed by atoms with Crippen LogP contribution in [0.15, 0.2) is 42.5 Å². The zero-order valence-corrected chi connectivity index (χ0v) is 12.2. The van der Waals surface area contributed by atoms with Crippen molar-refractivity contribution < 1.29 is 27.4 Å². The van der Waals surface area contributed by atoms with E-state index in [1.807, 2.05) is 0 Å². The molecule has 4 nitrogen and oxygen atoms in total. The lowest BCUT2D eigenvalue weighted by molar-refractivity contribution is -0.274. The van der Waals surface area contributed by atoms with Crippen LogP contribution in [0.1, 0.15) is 17.3 Å². The highest BCUT2D eigenvalue weighted by atomic mass is 19.4. The van der Waals surface area contributed by atoms with Crippen LogP contribution >= 0.6 is 0 Å². The zero-order valence-electron chi connectivity index (χ0n) is 12.2. The molecule has 0 saturated carbocycles. The molecule has 0 aliphatic carbocycles. The van der Waals surface area contributed by atoms with Gasteiger partial charge in [0.15, 0.2) is 0 Å². The molecule has 2 aromatic carbocycles. The first-order chi connectivity index (χ1) is 10.8. The van der Waals surface area contributed by atoms with E-state index in [9.17, 15) is 18.0 Å². The maximum absolute atomic E-state index is 12.1. The third-order valence-corrected chi connectivity index (χ3v) is 2.96. The number of alkyl halides is 3. The summed E-state index contributed by atoms with van der Waals surface area (Å²) in [7, 11) is 0. The lowest BCUT2D eigenvalue weighted by Crippen LogP contribution is -2.16. The molecule has 0 bridgehead atoms. The Balaban J connectivity index is 2.30. The summed E-state index contributed by atoms with van der Waals surface area (Å²) in [5.74, 6) is -0.827. The van der Waals surface area contributed by atoms with Crippen molar-refractivity contribution in [3.8, 4) is 16.9 Å². The second kappa shape index (κ2) is 6.60. The van der Waals surface area contributed by atoms with Crippen molar-refractivity contribution in [2.45, 2.75) is 13.3 Å². The minimum atomic E-state index is -4.75. The van der Waals surface area contributed by atoms with Crippen molar-refractivity contribution in [1.82, 2.24) is 0 Å². The van der Waals surface area contributed by atoms with Gasteiger partial charge in [0.1, 0.15) is 5.75 Å². The van der Waals surface area contributed by atoms with Crippen LogP contribution in [0.2, 0.25) is 0 Å². The van der Waals surface area contributed by atoms with E-state index in [2.05, 4.69) is 4.74 Å². The average Bonchev–Trinajstić information content (AvgIpc) is 2.47. The number of anilines is 1. The molecule has 0 unspecified atom stereocenters. The van der Waals surface area contributed by atoms with Crippen molar-refractivity contribution >= 4 is 11.7 Å². The fourth-order valence-corrected chi connectivity index (χ4v) is 1.98. The van der Waals surface area contributed by atoms with Crippen LogP contribution in [-0.4, -0.2) is 18.9 Å². The van der Waals surface area contributed by atoms with E-state index in [1.165, 1.54) is 36.4 Å². The Bertz CT molecular complexity index is 697. The van der Waals surface area contributed by atoms with E-state index >= 15 is 0 Å². The predicted molar refractivity (Wildman–Crippen MR) is 78.9 cm³/mol. The van der Waals surface area contributed by atoms with Gasteiger partial charge in [0, 0.05) is 11.3 Å². The predicted octanol–water partition coefficient (Wildman–Crippen LogP) is 4.01. The molecule has 0 radical (unpaired) electrons. The number of esters is 1. The molecule has 0 aromatic heterocycles. The molecule has 122 valence electrons. The van der Waals surface area contributed by atoms with E-state index in [-0.39, 0.29) is 12.4 Å². The molecule has 2 rings (SSSR count). The summed E-state index contributed by atoms with van der Waals surface area (Å²) in [5, 5.41) is 0. The summed E-state index contributed by atoms with van der Waals surface area (Å²) in [6.07, 6.45) is -4.75. The van der Waals surface area contributed by atoms with Crippen molar-refractivity contribution in [1.29, 1.82) is 0 Å². The molecule has 0 heterocycles. The largest absolute Gasteiger partial charge is 0.573 e. The summed E-state index contributed by atoms with van der Waals surface area (Å²) in [6, 6.07) is 9.83. The Kier molecular flexibility index (Phi) is 4.78. The highest BCUT2D eigenvalue weighted by molar-refractivity contribution is 5.93. The summed E-state index contributed by atoms with van der Waals surface area (Å²) in [4.78, 5) is 11.7. The number of hydrogen-bond acceptors (Lipinski definition) is 4. The van der Waals surface area contributed by atoms with Gasteiger partial charge in [-0.15, -0.1) is 13.2 Å². The number of nitrogen functional groups attached to an aromatic ring is 1. The molecule has 0 spiro atoms. The number of ether oxygens (including phenoxy) is 2. The van der Waals surface area contributed by atoms with Gasteiger partial charge in [-0.3, -0.25) is 0 Å². The Hall–Kier alpha value is -2.70. The normalized spacial score (nSPS) is 11.1. The van der Waals surface area contributed by atoms with Gasteiger partial charge in [-0.25, -0.2) is 4.79 Å². The van der Waals surface area contributed by atoms with Crippen LogP contribution < -0.4 is 10.5 Å².